The number of hydrogen-bond donors (Lipinski definition) is 2. The van der Waals surface area contributed by atoms with Crippen molar-refractivity contribution in [1.29, 1.82) is 0 Å². The van der Waals surface area contributed by atoms with Gasteiger partial charge in [-0.2, -0.15) is 0 Å². The second kappa shape index (κ2) is 9.39. The van der Waals surface area contributed by atoms with E-state index < -0.39 is 0 Å². The molecule has 160 valence electrons. The van der Waals surface area contributed by atoms with Crippen molar-refractivity contribution >= 4 is 23.5 Å². The standard InChI is InChI=1S/C23H23ClFN5O/c1-26-22(31)15-7-11-17(12-8-15)28-23-27-13-18(24)21(30-23)20-4-2-3-19(29-20)14-5-9-16(25)10-6-14/h2-6,9-10,13,15,17H,7-8,11-12H2,1H3,(H,26,31)(H,27,28,30). The van der Waals surface area contributed by atoms with Gasteiger partial charge < -0.3 is 10.6 Å². The molecule has 0 spiro atoms. The summed E-state index contributed by atoms with van der Waals surface area (Å²) in [4.78, 5) is 25.4. The molecule has 1 fully saturated rings. The largest absolute Gasteiger partial charge is 0.359 e. The lowest BCUT2D eigenvalue weighted by atomic mass is 9.85. The Morgan fingerprint density at radius 1 is 1.03 bits per heavy atom. The molecular weight excluding hydrogens is 417 g/mol. The number of amides is 1. The Labute approximate surface area is 185 Å². The van der Waals surface area contributed by atoms with E-state index in [1.54, 1.807) is 25.4 Å². The van der Waals surface area contributed by atoms with Crippen molar-refractivity contribution in [1.82, 2.24) is 20.3 Å². The molecular formula is C23H23ClFN5O. The number of nitrogens with zero attached hydrogens (tertiary/aromatic N) is 3. The number of benzene rings is 1. The number of aromatic nitrogens is 3. The highest BCUT2D eigenvalue weighted by molar-refractivity contribution is 6.32. The topological polar surface area (TPSA) is 79.8 Å². The van der Waals surface area contributed by atoms with Crippen LogP contribution < -0.4 is 10.6 Å². The number of halogens is 2. The Bertz CT molecular complexity index is 1070. The first-order valence-electron chi connectivity index (χ1n) is 10.3. The molecule has 0 aliphatic heterocycles. The molecule has 1 amide bonds. The fourth-order valence-corrected chi connectivity index (χ4v) is 4.04. The van der Waals surface area contributed by atoms with Crippen molar-refractivity contribution in [3.05, 3.63) is 59.5 Å². The Morgan fingerprint density at radius 2 is 1.74 bits per heavy atom. The van der Waals surface area contributed by atoms with Crippen LogP contribution in [0.1, 0.15) is 25.7 Å². The molecule has 2 aromatic heterocycles. The van der Waals surface area contributed by atoms with Gasteiger partial charge in [0.15, 0.2) is 0 Å². The summed E-state index contributed by atoms with van der Waals surface area (Å²) in [6.45, 7) is 0. The highest BCUT2D eigenvalue weighted by atomic mass is 35.5. The normalized spacial score (nSPS) is 18.4. The van der Waals surface area contributed by atoms with Crippen LogP contribution in [-0.4, -0.2) is 33.9 Å². The molecule has 3 aromatic rings. The minimum absolute atomic E-state index is 0.0724. The molecule has 1 aliphatic rings. The maximum atomic E-state index is 13.2. The van der Waals surface area contributed by atoms with E-state index in [1.165, 1.54) is 12.1 Å². The van der Waals surface area contributed by atoms with Crippen LogP contribution in [0.5, 0.6) is 0 Å². The summed E-state index contributed by atoms with van der Waals surface area (Å²) in [7, 11) is 1.68. The van der Waals surface area contributed by atoms with Gasteiger partial charge in [0.05, 0.1) is 22.6 Å². The molecule has 0 saturated heterocycles. The Morgan fingerprint density at radius 3 is 2.45 bits per heavy atom. The third kappa shape index (κ3) is 4.99. The van der Waals surface area contributed by atoms with Crippen molar-refractivity contribution in [2.24, 2.45) is 5.92 Å². The lowest BCUT2D eigenvalue weighted by molar-refractivity contribution is -0.125. The van der Waals surface area contributed by atoms with Crippen molar-refractivity contribution in [3.63, 3.8) is 0 Å². The van der Waals surface area contributed by atoms with Crippen LogP contribution in [0.2, 0.25) is 5.02 Å². The van der Waals surface area contributed by atoms with Crippen LogP contribution in [0.25, 0.3) is 22.6 Å². The van der Waals surface area contributed by atoms with Gasteiger partial charge in [-0.05, 0) is 62.1 Å². The number of pyridine rings is 1. The molecule has 0 radical (unpaired) electrons. The number of hydrogen-bond acceptors (Lipinski definition) is 5. The maximum absolute atomic E-state index is 13.2. The highest BCUT2D eigenvalue weighted by Gasteiger charge is 2.26. The highest BCUT2D eigenvalue weighted by Crippen LogP contribution is 2.29. The van der Waals surface area contributed by atoms with Crippen molar-refractivity contribution in [2.45, 2.75) is 31.7 Å². The minimum Gasteiger partial charge on any atom is -0.359 e. The molecule has 6 nitrogen and oxygen atoms in total. The summed E-state index contributed by atoms with van der Waals surface area (Å²) >= 11 is 6.38. The van der Waals surface area contributed by atoms with Crippen molar-refractivity contribution in [2.75, 3.05) is 12.4 Å². The van der Waals surface area contributed by atoms with Crippen LogP contribution in [0.4, 0.5) is 10.3 Å². The molecule has 31 heavy (non-hydrogen) atoms. The van der Waals surface area contributed by atoms with Gasteiger partial charge in [-0.1, -0.05) is 17.7 Å². The molecule has 0 unspecified atom stereocenters. The number of anilines is 1. The first kappa shape index (κ1) is 21.2. The molecule has 2 heterocycles. The maximum Gasteiger partial charge on any atom is 0.223 e. The molecule has 4 rings (SSSR count). The predicted molar refractivity (Wildman–Crippen MR) is 119 cm³/mol. The van der Waals surface area contributed by atoms with Gasteiger partial charge in [0, 0.05) is 24.6 Å². The summed E-state index contributed by atoms with van der Waals surface area (Å²) in [6.07, 6.45) is 4.97. The van der Waals surface area contributed by atoms with Gasteiger partial charge in [-0.25, -0.2) is 19.3 Å². The van der Waals surface area contributed by atoms with Crippen LogP contribution in [0.3, 0.4) is 0 Å². The summed E-state index contributed by atoms with van der Waals surface area (Å²) in [5.41, 5.74) is 2.65. The average molecular weight is 440 g/mol. The van der Waals surface area contributed by atoms with Crippen LogP contribution in [0.15, 0.2) is 48.7 Å². The smallest absolute Gasteiger partial charge is 0.223 e. The van der Waals surface area contributed by atoms with Gasteiger partial charge in [0.25, 0.3) is 0 Å². The zero-order chi connectivity index (χ0) is 21.8. The number of nitrogens with one attached hydrogen (secondary N) is 2. The summed E-state index contributed by atoms with van der Waals surface area (Å²) < 4.78 is 13.2. The molecule has 0 bridgehead atoms. The van der Waals surface area contributed by atoms with E-state index in [9.17, 15) is 9.18 Å². The fraction of sp³-hybridized carbons (Fsp3) is 0.304. The van der Waals surface area contributed by atoms with Gasteiger partial charge in [-0.15, -0.1) is 0 Å². The van der Waals surface area contributed by atoms with E-state index in [4.69, 9.17) is 11.6 Å². The lowest BCUT2D eigenvalue weighted by Crippen LogP contribution is -2.34. The van der Waals surface area contributed by atoms with Crippen molar-refractivity contribution < 1.29 is 9.18 Å². The summed E-state index contributed by atoms with van der Waals surface area (Å²) in [5, 5.41) is 6.49. The van der Waals surface area contributed by atoms with Crippen LogP contribution in [0, 0.1) is 11.7 Å². The lowest BCUT2D eigenvalue weighted by Gasteiger charge is -2.28. The Balaban J connectivity index is 1.52. The molecule has 1 saturated carbocycles. The first-order valence-corrected chi connectivity index (χ1v) is 10.7. The number of carbonyl (C=O) groups is 1. The van der Waals surface area contributed by atoms with E-state index in [0.717, 1.165) is 31.2 Å². The number of carbonyl (C=O) groups excluding carboxylic acids is 1. The Hall–Kier alpha value is -3.06. The average Bonchev–Trinajstić information content (AvgIpc) is 2.81. The third-order valence-corrected chi connectivity index (χ3v) is 5.83. The van der Waals surface area contributed by atoms with E-state index in [1.807, 2.05) is 18.2 Å². The monoisotopic (exact) mass is 439 g/mol. The molecule has 0 atom stereocenters. The molecule has 8 heteroatoms. The van der Waals surface area contributed by atoms with Gasteiger partial charge in [0.2, 0.25) is 11.9 Å². The molecule has 2 N–H and O–H groups in total. The fourth-order valence-electron chi connectivity index (χ4n) is 3.85. The number of rotatable bonds is 5. The quantitative estimate of drug-likeness (QED) is 0.601. The Kier molecular flexibility index (Phi) is 6.42. The van der Waals surface area contributed by atoms with Crippen LogP contribution >= 0.6 is 11.6 Å². The third-order valence-electron chi connectivity index (χ3n) is 5.55. The van der Waals surface area contributed by atoms with E-state index in [2.05, 4.69) is 25.6 Å². The van der Waals surface area contributed by atoms with E-state index >= 15 is 0 Å². The zero-order valence-electron chi connectivity index (χ0n) is 17.1. The van der Waals surface area contributed by atoms with E-state index in [0.29, 0.717) is 28.1 Å². The minimum atomic E-state index is -0.293. The first-order chi connectivity index (χ1) is 15.0. The molecule has 1 aromatic carbocycles. The van der Waals surface area contributed by atoms with E-state index in [-0.39, 0.29) is 23.7 Å². The van der Waals surface area contributed by atoms with Gasteiger partial charge in [-0.3, -0.25) is 4.79 Å². The van der Waals surface area contributed by atoms with Gasteiger partial charge >= 0.3 is 0 Å². The van der Waals surface area contributed by atoms with Gasteiger partial charge in [0.1, 0.15) is 11.5 Å². The van der Waals surface area contributed by atoms with Crippen LogP contribution in [-0.2, 0) is 4.79 Å². The zero-order valence-corrected chi connectivity index (χ0v) is 17.9. The predicted octanol–water partition coefficient (Wildman–Crippen LogP) is 4.71. The second-order valence-electron chi connectivity index (χ2n) is 7.61. The molecule has 1 aliphatic carbocycles. The summed E-state index contributed by atoms with van der Waals surface area (Å²) in [6, 6.07) is 11.9. The van der Waals surface area contributed by atoms with Crippen molar-refractivity contribution in [3.8, 4) is 22.6 Å². The summed E-state index contributed by atoms with van der Waals surface area (Å²) in [5.74, 6) is 0.370. The second-order valence-corrected chi connectivity index (χ2v) is 8.02. The SMILES string of the molecule is CNC(=O)C1CCC(Nc2ncc(Cl)c(-c3cccc(-c4ccc(F)cc4)n3)n2)CC1.